The second kappa shape index (κ2) is 2.94. The maximum absolute atomic E-state index is 10.9. The van der Waals surface area contributed by atoms with E-state index >= 15 is 0 Å². The van der Waals surface area contributed by atoms with Crippen LogP contribution in [0.15, 0.2) is 24.7 Å². The third-order valence-corrected chi connectivity index (χ3v) is 2.32. The molecule has 1 N–H and O–H groups in total. The van der Waals surface area contributed by atoms with Crippen LogP contribution in [0.3, 0.4) is 0 Å². The molecular weight excluding hydrogens is 196 g/mol. The largest absolute Gasteiger partial charge is 0.439 e. The number of aromatic nitrogens is 3. The number of hydrogen-bond acceptors (Lipinski definition) is 4. The minimum absolute atomic E-state index is 0.265. The summed E-state index contributed by atoms with van der Waals surface area (Å²) in [7, 11) is 0. The lowest BCUT2D eigenvalue weighted by Gasteiger charge is -2.06. The Hall–Kier alpha value is -2.11. The number of amides is 1. The van der Waals surface area contributed by atoms with E-state index in [2.05, 4.69) is 15.4 Å². The molecule has 1 atom stereocenters. The van der Waals surface area contributed by atoms with E-state index in [1.165, 1.54) is 0 Å². The maximum Gasteiger partial charge on any atom is 0.407 e. The molecule has 6 nitrogen and oxygen atoms in total. The van der Waals surface area contributed by atoms with Crippen molar-refractivity contribution in [2.45, 2.75) is 6.10 Å². The van der Waals surface area contributed by atoms with Crippen molar-refractivity contribution in [2.24, 2.45) is 0 Å². The summed E-state index contributed by atoms with van der Waals surface area (Å²) in [6.07, 6.45) is 4.53. The molecule has 0 spiro atoms. The first-order valence-electron chi connectivity index (χ1n) is 4.57. The standard InChI is InChI=1S/C9H8N4O2/c14-9-11-4-7(15-9)6-3-10-8-1-2-12-13(8)5-6/h1-3,5,7H,4H2,(H,11,14). The minimum atomic E-state index is -0.388. The quantitative estimate of drug-likeness (QED) is 0.734. The molecule has 1 unspecified atom stereocenters. The van der Waals surface area contributed by atoms with Crippen LogP contribution in [-0.4, -0.2) is 27.2 Å². The summed E-state index contributed by atoms with van der Waals surface area (Å²) in [5, 5.41) is 6.65. The van der Waals surface area contributed by atoms with Crippen LogP contribution in [0.25, 0.3) is 5.65 Å². The molecule has 1 saturated heterocycles. The van der Waals surface area contributed by atoms with Crippen molar-refractivity contribution in [1.29, 1.82) is 0 Å². The van der Waals surface area contributed by atoms with Gasteiger partial charge >= 0.3 is 6.09 Å². The molecule has 2 aromatic heterocycles. The summed E-state index contributed by atoms with van der Waals surface area (Å²) in [6, 6.07) is 1.81. The lowest BCUT2D eigenvalue weighted by atomic mass is 10.2. The second-order valence-electron chi connectivity index (χ2n) is 3.30. The molecule has 1 fully saturated rings. The number of nitrogens with one attached hydrogen (secondary N) is 1. The predicted octanol–water partition coefficient (Wildman–Crippen LogP) is 0.510. The van der Waals surface area contributed by atoms with Gasteiger partial charge in [-0.3, -0.25) is 0 Å². The smallest absolute Gasteiger partial charge is 0.407 e. The highest BCUT2D eigenvalue weighted by Crippen LogP contribution is 2.19. The normalized spacial score (nSPS) is 20.3. The van der Waals surface area contributed by atoms with Gasteiger partial charge in [0.25, 0.3) is 0 Å². The van der Waals surface area contributed by atoms with Crippen LogP contribution in [-0.2, 0) is 4.74 Å². The summed E-state index contributed by atoms with van der Waals surface area (Å²) in [6.45, 7) is 0.479. The van der Waals surface area contributed by atoms with E-state index in [0.717, 1.165) is 11.2 Å². The molecule has 1 aliphatic heterocycles. The van der Waals surface area contributed by atoms with Crippen molar-refractivity contribution >= 4 is 11.7 Å². The number of nitrogens with zero attached hydrogens (tertiary/aromatic N) is 3. The zero-order chi connectivity index (χ0) is 10.3. The van der Waals surface area contributed by atoms with Gasteiger partial charge in [0.2, 0.25) is 0 Å². The van der Waals surface area contributed by atoms with Crippen LogP contribution >= 0.6 is 0 Å². The Labute approximate surface area is 84.9 Å². The lowest BCUT2D eigenvalue weighted by molar-refractivity contribution is 0.140. The van der Waals surface area contributed by atoms with Gasteiger partial charge in [-0.25, -0.2) is 14.3 Å². The fourth-order valence-electron chi connectivity index (χ4n) is 1.56. The lowest BCUT2D eigenvalue weighted by Crippen LogP contribution is -2.12. The van der Waals surface area contributed by atoms with Gasteiger partial charge in [-0.2, -0.15) is 5.10 Å². The van der Waals surface area contributed by atoms with Gasteiger partial charge in [0.05, 0.1) is 12.7 Å². The number of ether oxygens (including phenoxy) is 1. The molecule has 6 heteroatoms. The number of rotatable bonds is 1. The summed E-state index contributed by atoms with van der Waals surface area (Å²) in [4.78, 5) is 15.1. The Bertz CT molecular complexity index is 522. The molecule has 0 saturated carbocycles. The number of fused-ring (bicyclic) bond motifs is 1. The molecule has 2 aromatic rings. The van der Waals surface area contributed by atoms with Gasteiger partial charge in [0.1, 0.15) is 6.10 Å². The molecular formula is C9H8N4O2. The summed E-state index contributed by atoms with van der Waals surface area (Å²) < 4.78 is 6.70. The average molecular weight is 204 g/mol. The van der Waals surface area contributed by atoms with Crippen LogP contribution in [0.4, 0.5) is 4.79 Å². The fraction of sp³-hybridized carbons (Fsp3) is 0.222. The Balaban J connectivity index is 2.00. The van der Waals surface area contributed by atoms with Crippen LogP contribution in [0.5, 0.6) is 0 Å². The zero-order valence-corrected chi connectivity index (χ0v) is 7.75. The molecule has 15 heavy (non-hydrogen) atoms. The van der Waals surface area contributed by atoms with Gasteiger partial charge in [0, 0.05) is 24.0 Å². The van der Waals surface area contributed by atoms with Gasteiger partial charge in [0.15, 0.2) is 5.65 Å². The molecule has 3 rings (SSSR count). The van der Waals surface area contributed by atoms with E-state index in [1.807, 2.05) is 12.3 Å². The van der Waals surface area contributed by atoms with Crippen LogP contribution in [0, 0.1) is 0 Å². The Morgan fingerprint density at radius 3 is 3.33 bits per heavy atom. The van der Waals surface area contributed by atoms with E-state index in [1.54, 1.807) is 16.9 Å². The third-order valence-electron chi connectivity index (χ3n) is 2.32. The van der Waals surface area contributed by atoms with E-state index in [9.17, 15) is 4.79 Å². The van der Waals surface area contributed by atoms with E-state index < -0.39 is 0 Å². The van der Waals surface area contributed by atoms with Crippen molar-refractivity contribution in [3.05, 3.63) is 30.2 Å². The number of hydrogen-bond donors (Lipinski definition) is 1. The van der Waals surface area contributed by atoms with Gasteiger partial charge < -0.3 is 10.1 Å². The maximum atomic E-state index is 10.9. The zero-order valence-electron chi connectivity index (χ0n) is 7.75. The van der Waals surface area contributed by atoms with E-state index in [4.69, 9.17) is 4.74 Å². The monoisotopic (exact) mass is 204 g/mol. The molecule has 0 aliphatic carbocycles. The number of carbonyl (C=O) groups excluding carboxylic acids is 1. The summed E-state index contributed by atoms with van der Waals surface area (Å²) in [5.74, 6) is 0. The van der Waals surface area contributed by atoms with Crippen molar-refractivity contribution in [2.75, 3.05) is 6.54 Å². The molecule has 1 amide bonds. The van der Waals surface area contributed by atoms with Crippen molar-refractivity contribution in [1.82, 2.24) is 19.9 Å². The van der Waals surface area contributed by atoms with Gasteiger partial charge in [-0.15, -0.1) is 0 Å². The first-order chi connectivity index (χ1) is 7.33. The highest BCUT2D eigenvalue weighted by atomic mass is 16.6. The summed E-state index contributed by atoms with van der Waals surface area (Å²) >= 11 is 0. The van der Waals surface area contributed by atoms with Crippen molar-refractivity contribution < 1.29 is 9.53 Å². The second-order valence-corrected chi connectivity index (χ2v) is 3.30. The molecule has 0 bridgehead atoms. The topological polar surface area (TPSA) is 68.5 Å². The van der Waals surface area contributed by atoms with Crippen LogP contribution in [0.1, 0.15) is 11.7 Å². The number of alkyl carbamates (subject to hydrolysis) is 1. The number of carbonyl (C=O) groups is 1. The van der Waals surface area contributed by atoms with E-state index in [0.29, 0.717) is 6.54 Å². The number of cyclic esters (lactones) is 1. The average Bonchev–Trinajstić information content (AvgIpc) is 2.84. The highest BCUT2D eigenvalue weighted by Gasteiger charge is 2.24. The molecule has 76 valence electrons. The SMILES string of the molecule is O=C1NCC(c2cnc3ccnn3c2)O1. The van der Waals surface area contributed by atoms with Gasteiger partial charge in [-0.05, 0) is 0 Å². The minimum Gasteiger partial charge on any atom is -0.439 e. The van der Waals surface area contributed by atoms with Crippen LogP contribution in [0.2, 0.25) is 0 Å². The Morgan fingerprint density at radius 1 is 1.60 bits per heavy atom. The predicted molar refractivity (Wildman–Crippen MR) is 50.2 cm³/mol. The fourth-order valence-corrected chi connectivity index (χ4v) is 1.56. The Morgan fingerprint density at radius 2 is 2.53 bits per heavy atom. The van der Waals surface area contributed by atoms with E-state index in [-0.39, 0.29) is 12.2 Å². The van der Waals surface area contributed by atoms with Gasteiger partial charge in [-0.1, -0.05) is 0 Å². The first-order valence-corrected chi connectivity index (χ1v) is 4.57. The Kier molecular flexibility index (Phi) is 1.61. The van der Waals surface area contributed by atoms with Crippen LogP contribution < -0.4 is 5.32 Å². The molecule has 1 aliphatic rings. The third kappa shape index (κ3) is 1.30. The highest BCUT2D eigenvalue weighted by molar-refractivity contribution is 5.69. The van der Waals surface area contributed by atoms with Crippen molar-refractivity contribution in [3.8, 4) is 0 Å². The summed E-state index contributed by atoms with van der Waals surface area (Å²) in [5.41, 5.74) is 1.61. The molecule has 3 heterocycles. The first kappa shape index (κ1) is 8.22. The molecule has 0 radical (unpaired) electrons. The molecule has 0 aromatic carbocycles. The van der Waals surface area contributed by atoms with Crippen molar-refractivity contribution in [3.63, 3.8) is 0 Å².